The maximum atomic E-state index is 11.9. The van der Waals surface area contributed by atoms with Gasteiger partial charge in [-0.3, -0.25) is 4.79 Å². The van der Waals surface area contributed by atoms with Crippen molar-refractivity contribution in [3.8, 4) is 0 Å². The minimum absolute atomic E-state index is 0.0769. The topological polar surface area (TPSA) is 52.6 Å². The number of likely N-dealkylation sites (tertiary alicyclic amines) is 1. The van der Waals surface area contributed by atoms with Gasteiger partial charge in [0.05, 0.1) is 0 Å². The van der Waals surface area contributed by atoms with Crippen molar-refractivity contribution in [3.63, 3.8) is 0 Å². The van der Waals surface area contributed by atoms with E-state index >= 15 is 0 Å². The molecule has 0 spiro atoms. The highest BCUT2D eigenvalue weighted by Crippen LogP contribution is 2.33. The van der Waals surface area contributed by atoms with E-state index in [0.717, 1.165) is 25.9 Å². The molecule has 2 N–H and O–H groups in total. The molecule has 2 fully saturated rings. The number of nitrogens with one attached hydrogen (secondary N) is 1. The van der Waals surface area contributed by atoms with Crippen molar-refractivity contribution in [2.75, 3.05) is 19.6 Å². The van der Waals surface area contributed by atoms with Crippen LogP contribution in [0.3, 0.4) is 0 Å². The quantitative estimate of drug-likeness (QED) is 0.641. The van der Waals surface area contributed by atoms with Gasteiger partial charge in [0.2, 0.25) is 0 Å². The predicted octanol–water partition coefficient (Wildman–Crippen LogP) is -0.0323. The molecule has 2 aliphatic rings. The summed E-state index contributed by atoms with van der Waals surface area (Å²) in [5.41, 5.74) is -0.290. The molecule has 1 amide bonds. The summed E-state index contributed by atoms with van der Waals surface area (Å²) in [6, 6.07) is 0.329. The highest BCUT2D eigenvalue weighted by molar-refractivity contribution is 5.84. The maximum Gasteiger partial charge on any atom is 0.252 e. The van der Waals surface area contributed by atoms with Gasteiger partial charge in [0.25, 0.3) is 5.91 Å². The number of rotatable bonds is 1. The standard InChI is InChI=1S/C11H20N2O2/c1-11(2)7-13(10(15)9(11)14)8-3-5-12-6-4-8/h8-9,12,14H,3-7H2,1-2H3. The second-order valence-electron chi connectivity index (χ2n) is 5.34. The van der Waals surface area contributed by atoms with Gasteiger partial charge in [-0.05, 0) is 25.9 Å². The molecule has 0 bridgehead atoms. The van der Waals surface area contributed by atoms with Crippen molar-refractivity contribution in [1.29, 1.82) is 0 Å². The number of piperidine rings is 1. The molecule has 0 aromatic carbocycles. The SMILES string of the molecule is CC1(C)CN(C2CCNCC2)C(=O)C1O. The van der Waals surface area contributed by atoms with Gasteiger partial charge >= 0.3 is 0 Å². The lowest BCUT2D eigenvalue weighted by Crippen LogP contribution is -2.44. The van der Waals surface area contributed by atoms with Crippen LogP contribution in [0.5, 0.6) is 0 Å². The number of hydrogen-bond donors (Lipinski definition) is 2. The zero-order chi connectivity index (χ0) is 11.1. The Morgan fingerprint density at radius 2 is 2.00 bits per heavy atom. The van der Waals surface area contributed by atoms with Crippen molar-refractivity contribution in [2.45, 2.75) is 38.8 Å². The number of aliphatic hydroxyl groups is 1. The molecule has 86 valence electrons. The largest absolute Gasteiger partial charge is 0.383 e. The van der Waals surface area contributed by atoms with Gasteiger partial charge in [0.15, 0.2) is 0 Å². The van der Waals surface area contributed by atoms with Crippen LogP contribution in [0, 0.1) is 5.41 Å². The fourth-order valence-corrected chi connectivity index (χ4v) is 2.52. The highest BCUT2D eigenvalue weighted by Gasteiger charge is 2.47. The zero-order valence-corrected chi connectivity index (χ0v) is 9.49. The van der Waals surface area contributed by atoms with Gasteiger partial charge in [0.1, 0.15) is 6.10 Å². The van der Waals surface area contributed by atoms with E-state index in [1.165, 1.54) is 0 Å². The van der Waals surface area contributed by atoms with Crippen LogP contribution in [0.2, 0.25) is 0 Å². The molecule has 0 radical (unpaired) electrons. The average Bonchev–Trinajstić information content (AvgIpc) is 2.44. The van der Waals surface area contributed by atoms with E-state index in [1.54, 1.807) is 0 Å². The third-order valence-electron chi connectivity index (χ3n) is 3.58. The number of hydrogen-bond acceptors (Lipinski definition) is 3. The van der Waals surface area contributed by atoms with Crippen molar-refractivity contribution >= 4 is 5.91 Å². The lowest BCUT2D eigenvalue weighted by Gasteiger charge is -2.32. The fraction of sp³-hybridized carbons (Fsp3) is 0.909. The van der Waals surface area contributed by atoms with Gasteiger partial charge in [-0.15, -0.1) is 0 Å². The summed E-state index contributed by atoms with van der Waals surface area (Å²) in [5, 5.41) is 13.1. The van der Waals surface area contributed by atoms with Gasteiger partial charge in [-0.2, -0.15) is 0 Å². The van der Waals surface area contributed by atoms with E-state index in [2.05, 4.69) is 5.32 Å². The summed E-state index contributed by atoms with van der Waals surface area (Å²) in [4.78, 5) is 13.8. The smallest absolute Gasteiger partial charge is 0.252 e. The Morgan fingerprint density at radius 1 is 1.40 bits per heavy atom. The monoisotopic (exact) mass is 212 g/mol. The highest BCUT2D eigenvalue weighted by atomic mass is 16.3. The summed E-state index contributed by atoms with van der Waals surface area (Å²) in [7, 11) is 0. The van der Waals surface area contributed by atoms with Crippen LogP contribution in [-0.2, 0) is 4.79 Å². The summed E-state index contributed by atoms with van der Waals surface area (Å²) in [6.07, 6.45) is 1.20. The molecular weight excluding hydrogens is 192 g/mol. The molecule has 2 rings (SSSR count). The number of aliphatic hydroxyl groups excluding tert-OH is 1. The fourth-order valence-electron chi connectivity index (χ4n) is 2.52. The first-order chi connectivity index (χ1) is 7.02. The third-order valence-corrected chi connectivity index (χ3v) is 3.58. The molecule has 0 saturated carbocycles. The van der Waals surface area contributed by atoms with Crippen molar-refractivity contribution in [2.24, 2.45) is 5.41 Å². The molecule has 2 heterocycles. The van der Waals surface area contributed by atoms with Crippen LogP contribution in [0.4, 0.5) is 0 Å². The Morgan fingerprint density at radius 3 is 2.47 bits per heavy atom. The number of amides is 1. The van der Waals surface area contributed by atoms with Crippen molar-refractivity contribution in [3.05, 3.63) is 0 Å². The summed E-state index contributed by atoms with van der Waals surface area (Å²) in [5.74, 6) is -0.0769. The summed E-state index contributed by atoms with van der Waals surface area (Å²) in [6.45, 7) is 6.56. The van der Waals surface area contributed by atoms with Crippen LogP contribution < -0.4 is 5.32 Å². The Kier molecular flexibility index (Phi) is 2.73. The Balaban J connectivity index is 2.07. The molecule has 4 heteroatoms. The van der Waals surface area contributed by atoms with E-state index < -0.39 is 6.10 Å². The molecule has 2 aliphatic heterocycles. The number of nitrogens with zero attached hydrogens (tertiary/aromatic N) is 1. The van der Waals surface area contributed by atoms with Crippen molar-refractivity contribution in [1.82, 2.24) is 10.2 Å². The Labute approximate surface area is 90.6 Å². The Hall–Kier alpha value is -0.610. The minimum Gasteiger partial charge on any atom is -0.383 e. The average molecular weight is 212 g/mol. The summed E-state index contributed by atoms with van der Waals surface area (Å²) >= 11 is 0. The van der Waals surface area contributed by atoms with E-state index in [9.17, 15) is 9.90 Å². The molecule has 1 unspecified atom stereocenters. The first-order valence-corrected chi connectivity index (χ1v) is 5.71. The molecule has 2 saturated heterocycles. The molecule has 0 aromatic heterocycles. The molecule has 0 aromatic rings. The normalized spacial score (nSPS) is 32.3. The van der Waals surface area contributed by atoms with Gasteiger partial charge in [-0.1, -0.05) is 13.8 Å². The van der Waals surface area contributed by atoms with E-state index in [4.69, 9.17) is 0 Å². The maximum absolute atomic E-state index is 11.9. The van der Waals surface area contributed by atoms with E-state index in [-0.39, 0.29) is 11.3 Å². The van der Waals surface area contributed by atoms with Gasteiger partial charge < -0.3 is 15.3 Å². The third kappa shape index (κ3) is 1.88. The lowest BCUT2D eigenvalue weighted by atomic mass is 9.90. The molecule has 15 heavy (non-hydrogen) atoms. The number of carbonyl (C=O) groups excluding carboxylic acids is 1. The number of carbonyl (C=O) groups is 1. The molecule has 4 nitrogen and oxygen atoms in total. The van der Waals surface area contributed by atoms with Crippen LogP contribution in [-0.4, -0.2) is 47.7 Å². The Bertz CT molecular complexity index is 259. The second kappa shape index (κ2) is 3.76. The van der Waals surface area contributed by atoms with E-state index in [0.29, 0.717) is 12.6 Å². The van der Waals surface area contributed by atoms with Crippen molar-refractivity contribution < 1.29 is 9.90 Å². The minimum atomic E-state index is -0.813. The van der Waals surface area contributed by atoms with Gasteiger partial charge in [-0.25, -0.2) is 0 Å². The predicted molar refractivity (Wildman–Crippen MR) is 57.4 cm³/mol. The summed E-state index contributed by atoms with van der Waals surface area (Å²) < 4.78 is 0. The molecule has 0 aliphatic carbocycles. The first kappa shape index (κ1) is 10.9. The van der Waals surface area contributed by atoms with Crippen LogP contribution in [0.1, 0.15) is 26.7 Å². The molecular formula is C11H20N2O2. The van der Waals surface area contributed by atoms with Gasteiger partial charge in [0, 0.05) is 18.0 Å². The van der Waals surface area contributed by atoms with Crippen LogP contribution in [0.15, 0.2) is 0 Å². The first-order valence-electron chi connectivity index (χ1n) is 5.71. The molecule has 1 atom stereocenters. The van der Waals surface area contributed by atoms with Crippen LogP contribution in [0.25, 0.3) is 0 Å². The zero-order valence-electron chi connectivity index (χ0n) is 9.49. The van der Waals surface area contributed by atoms with Crippen LogP contribution >= 0.6 is 0 Å². The second-order valence-corrected chi connectivity index (χ2v) is 5.34. The lowest BCUT2D eigenvalue weighted by molar-refractivity contribution is -0.137. The van der Waals surface area contributed by atoms with E-state index in [1.807, 2.05) is 18.7 Å².